The number of nitrogens with two attached hydrogens (primary N) is 2. The number of allylic oxidation sites excluding steroid dienone is 3. The van der Waals surface area contributed by atoms with Gasteiger partial charge in [-0.3, -0.25) is 14.6 Å². The number of likely N-dealkylation sites (N-methyl/N-ethyl adjacent to an activating group) is 1. The first-order valence-corrected chi connectivity index (χ1v) is 8.39. The second-order valence-electron chi connectivity index (χ2n) is 6.51. The molecule has 2 aliphatic rings. The lowest BCUT2D eigenvalue weighted by Gasteiger charge is -2.17. The summed E-state index contributed by atoms with van der Waals surface area (Å²) in [6, 6.07) is -0.225. The van der Waals surface area contributed by atoms with E-state index in [0.29, 0.717) is 12.5 Å². The fourth-order valence-corrected chi connectivity index (χ4v) is 2.40. The average Bonchev–Trinajstić information content (AvgIpc) is 3.31. The normalized spacial score (nSPS) is 20.0. The van der Waals surface area contributed by atoms with Gasteiger partial charge in [0.05, 0.1) is 0 Å². The van der Waals surface area contributed by atoms with Gasteiger partial charge in [0, 0.05) is 37.1 Å². The molecule has 2 fully saturated rings. The van der Waals surface area contributed by atoms with E-state index in [4.69, 9.17) is 11.6 Å². The van der Waals surface area contributed by atoms with Crippen molar-refractivity contribution >= 4 is 12.3 Å². The predicted octanol–water partition coefficient (Wildman–Crippen LogP) is 1.04. The van der Waals surface area contributed by atoms with E-state index in [1.165, 1.54) is 18.4 Å². The van der Waals surface area contributed by atoms with E-state index in [9.17, 15) is 9.59 Å². The van der Waals surface area contributed by atoms with Crippen molar-refractivity contribution in [1.29, 1.82) is 0 Å². The average molecular weight is 337 g/mol. The Morgan fingerprint density at radius 2 is 1.88 bits per heavy atom. The lowest BCUT2D eigenvalue weighted by Crippen LogP contribution is -2.41. The zero-order valence-corrected chi connectivity index (χ0v) is 15.2. The van der Waals surface area contributed by atoms with Crippen molar-refractivity contribution in [3.63, 3.8) is 0 Å². The molecule has 1 saturated carbocycles. The predicted molar refractivity (Wildman–Crippen MR) is 94.9 cm³/mol. The van der Waals surface area contributed by atoms with E-state index in [-0.39, 0.29) is 11.9 Å². The largest absolute Gasteiger partial charge is 0.401 e. The number of nitrogens with one attached hydrogen (secondary N) is 1. The molecule has 0 bridgehead atoms. The molecule has 0 radical (unpaired) electrons. The van der Waals surface area contributed by atoms with Gasteiger partial charge in [-0.15, -0.1) is 0 Å². The van der Waals surface area contributed by atoms with Crippen molar-refractivity contribution in [2.24, 2.45) is 17.5 Å². The van der Waals surface area contributed by atoms with E-state index in [0.717, 1.165) is 30.6 Å². The van der Waals surface area contributed by atoms with Crippen LogP contribution in [0.3, 0.4) is 0 Å². The van der Waals surface area contributed by atoms with Gasteiger partial charge in [0.15, 0.2) is 0 Å². The van der Waals surface area contributed by atoms with Gasteiger partial charge in [0.2, 0.25) is 12.3 Å². The van der Waals surface area contributed by atoms with Gasteiger partial charge < -0.3 is 16.0 Å². The summed E-state index contributed by atoms with van der Waals surface area (Å²) in [6.07, 6.45) is 6.72. The minimum Gasteiger partial charge on any atom is -0.401 e. The summed E-state index contributed by atoms with van der Waals surface area (Å²) >= 11 is 0. The van der Waals surface area contributed by atoms with E-state index in [1.807, 2.05) is 27.0 Å². The van der Waals surface area contributed by atoms with Crippen LogP contribution in [-0.2, 0) is 9.59 Å². The fraction of sp³-hybridized carbons (Fsp3) is 0.647. The van der Waals surface area contributed by atoms with Crippen LogP contribution in [0.1, 0.15) is 46.5 Å². The van der Waals surface area contributed by atoms with Crippen LogP contribution >= 0.6 is 0 Å². The van der Waals surface area contributed by atoms with Crippen LogP contribution in [-0.4, -0.2) is 41.9 Å². The number of hydrogen-bond acceptors (Lipinski definition) is 5. The Labute approximate surface area is 144 Å². The van der Waals surface area contributed by atoms with Crippen LogP contribution < -0.4 is 16.9 Å². The Morgan fingerprint density at radius 3 is 2.33 bits per heavy atom. The van der Waals surface area contributed by atoms with Gasteiger partial charge in [-0.2, -0.15) is 0 Å². The Kier molecular flexibility index (Phi) is 7.78. The highest BCUT2D eigenvalue weighted by molar-refractivity contribution is 5.83. The zero-order valence-electron chi connectivity index (χ0n) is 15.2. The summed E-state index contributed by atoms with van der Waals surface area (Å²) in [6.45, 7) is 6.78. The summed E-state index contributed by atoms with van der Waals surface area (Å²) in [5.74, 6) is 6.32. The highest BCUT2D eigenvalue weighted by Gasteiger charge is 2.28. The monoisotopic (exact) mass is 337 g/mol. The van der Waals surface area contributed by atoms with E-state index in [2.05, 4.69) is 5.32 Å². The second-order valence-corrected chi connectivity index (χ2v) is 6.51. The van der Waals surface area contributed by atoms with Gasteiger partial charge in [0.25, 0.3) is 0 Å². The van der Waals surface area contributed by atoms with Crippen molar-refractivity contribution in [2.75, 3.05) is 13.6 Å². The molecule has 1 aliphatic carbocycles. The Hall–Kier alpha value is -2.02. The number of nitrogens with zero attached hydrogens (tertiary/aromatic N) is 2. The molecule has 7 heteroatoms. The summed E-state index contributed by atoms with van der Waals surface area (Å²) in [7, 11) is 1.59. The second kappa shape index (κ2) is 9.32. The molecule has 0 aromatic heterocycles. The maximum Gasteiger partial charge on any atom is 0.242 e. The van der Waals surface area contributed by atoms with Crippen LogP contribution in [0, 0.1) is 5.92 Å². The van der Waals surface area contributed by atoms with Crippen LogP contribution in [0.25, 0.3) is 0 Å². The van der Waals surface area contributed by atoms with Crippen molar-refractivity contribution < 1.29 is 9.59 Å². The summed E-state index contributed by atoms with van der Waals surface area (Å²) in [5, 5.41) is 4.15. The number of rotatable bonds is 5. The summed E-state index contributed by atoms with van der Waals surface area (Å²) < 4.78 is 0. The lowest BCUT2D eigenvalue weighted by atomic mass is 10.2. The Balaban J connectivity index is 0.000000243. The molecule has 1 saturated heterocycles. The number of hydrazine groups is 1. The molecule has 0 aromatic rings. The lowest BCUT2D eigenvalue weighted by molar-refractivity contribution is -0.130. The third-order valence-corrected chi connectivity index (χ3v) is 4.43. The summed E-state index contributed by atoms with van der Waals surface area (Å²) in [5.41, 5.74) is 9.01. The molecule has 1 heterocycles. The van der Waals surface area contributed by atoms with Crippen molar-refractivity contribution in [2.45, 2.75) is 52.5 Å². The van der Waals surface area contributed by atoms with Gasteiger partial charge >= 0.3 is 0 Å². The van der Waals surface area contributed by atoms with E-state index >= 15 is 0 Å². The molecule has 0 spiro atoms. The number of amides is 2. The molecular weight excluding hydrogens is 306 g/mol. The molecule has 1 unspecified atom stereocenters. The zero-order chi connectivity index (χ0) is 18.3. The SMILES string of the molecule is CC(C)=C(C)N(N)/C=C(\N)C1CC1.CNC(=O)C1CCCN1C=O. The molecule has 2 rings (SSSR count). The quantitative estimate of drug-likeness (QED) is 0.395. The van der Waals surface area contributed by atoms with Crippen LogP contribution in [0.5, 0.6) is 0 Å². The number of hydrogen-bond donors (Lipinski definition) is 3. The van der Waals surface area contributed by atoms with Gasteiger partial charge in [-0.05, 0) is 46.5 Å². The molecule has 2 amide bonds. The first-order valence-electron chi connectivity index (χ1n) is 8.39. The van der Waals surface area contributed by atoms with Crippen molar-refractivity contribution in [3.05, 3.63) is 23.2 Å². The van der Waals surface area contributed by atoms with Crippen molar-refractivity contribution in [1.82, 2.24) is 15.2 Å². The standard InChI is InChI=1S/C10H19N3.C7H12N2O2/c1-7(2)8(3)13(12)6-10(11)9-4-5-9;1-8-7(11)6-3-2-4-9(6)5-10/h6,9H,4-5,11-12H2,1-3H3;5-6H,2-4H2,1H3,(H,8,11)/b10-6-;. The fourth-order valence-electron chi connectivity index (χ4n) is 2.40. The van der Waals surface area contributed by atoms with Crippen molar-refractivity contribution in [3.8, 4) is 0 Å². The summed E-state index contributed by atoms with van der Waals surface area (Å²) in [4.78, 5) is 23.0. The number of carbonyl (C=O) groups excluding carboxylic acids is 2. The molecular formula is C17H31N5O2. The number of carbonyl (C=O) groups is 2. The molecule has 1 atom stereocenters. The maximum atomic E-state index is 11.1. The molecule has 1 aliphatic heterocycles. The Bertz CT molecular complexity index is 507. The maximum absolute atomic E-state index is 11.1. The van der Waals surface area contributed by atoms with Gasteiger partial charge in [-0.25, -0.2) is 5.84 Å². The van der Waals surface area contributed by atoms with Gasteiger partial charge in [0.1, 0.15) is 6.04 Å². The first kappa shape index (κ1) is 20.0. The smallest absolute Gasteiger partial charge is 0.242 e. The van der Waals surface area contributed by atoms with E-state index in [1.54, 1.807) is 17.0 Å². The van der Waals surface area contributed by atoms with Crippen LogP contribution in [0.2, 0.25) is 0 Å². The third-order valence-electron chi connectivity index (χ3n) is 4.43. The van der Waals surface area contributed by atoms with Crippen LogP contribution in [0.15, 0.2) is 23.2 Å². The molecule has 0 aromatic carbocycles. The Morgan fingerprint density at radius 1 is 1.25 bits per heavy atom. The molecule has 136 valence electrons. The topological polar surface area (TPSA) is 105 Å². The number of likely N-dealkylation sites (tertiary alicyclic amines) is 1. The minimum atomic E-state index is -0.225. The molecule has 24 heavy (non-hydrogen) atoms. The van der Waals surface area contributed by atoms with Crippen LogP contribution in [0.4, 0.5) is 0 Å². The highest BCUT2D eigenvalue weighted by atomic mass is 16.2. The highest BCUT2D eigenvalue weighted by Crippen LogP contribution is 2.33. The van der Waals surface area contributed by atoms with E-state index < -0.39 is 0 Å². The third kappa shape index (κ3) is 5.88. The minimum absolute atomic E-state index is 0.0606. The molecule has 7 nitrogen and oxygen atoms in total. The van der Waals surface area contributed by atoms with Gasteiger partial charge in [-0.1, -0.05) is 5.57 Å². The first-order chi connectivity index (χ1) is 11.3. The molecule has 5 N–H and O–H groups in total.